The van der Waals surface area contributed by atoms with Crippen LogP contribution in [0.15, 0.2) is 36.4 Å². The molecule has 176 valence electrons. The van der Waals surface area contributed by atoms with Crippen LogP contribution in [0, 0.1) is 27.2 Å². The molecule has 32 heavy (non-hydrogen) atoms. The molecule has 0 heterocycles. The van der Waals surface area contributed by atoms with Gasteiger partial charge in [-0.25, -0.2) is 8.42 Å². The monoisotopic (exact) mass is 595 g/mol. The number of ether oxygens (including phenoxy) is 2. The van der Waals surface area contributed by atoms with Gasteiger partial charge in [-0.15, -0.1) is 0 Å². The van der Waals surface area contributed by atoms with Crippen LogP contribution >= 0.6 is 22.6 Å². The first-order chi connectivity index (χ1) is 14.6. The zero-order valence-corrected chi connectivity index (χ0v) is 18.6. The van der Waals surface area contributed by atoms with E-state index in [-0.39, 0.29) is 12.2 Å². The summed E-state index contributed by atoms with van der Waals surface area (Å²) in [6, 6.07) is 6.09. The Labute approximate surface area is 191 Å². The highest BCUT2D eigenvalue weighted by Crippen LogP contribution is 2.50. The molecule has 0 saturated heterocycles. The van der Waals surface area contributed by atoms with Gasteiger partial charge in [-0.1, -0.05) is 12.2 Å². The molecule has 3 rings (SSSR count). The molecule has 0 aromatic heterocycles. The Balaban J connectivity index is 1.85. The maximum atomic E-state index is 13.7. The SMILES string of the molecule is O=C(Oc1ccc(I)cc1)C1C2C=CC(C2)C1C(=O)OC(C(F)(F)F)C(F)(F)S(=O)(=O)[O-]. The lowest BCUT2D eigenvalue weighted by Gasteiger charge is -2.32. The van der Waals surface area contributed by atoms with Gasteiger partial charge in [0.2, 0.25) is 0 Å². The fourth-order valence-electron chi connectivity index (χ4n) is 3.80. The van der Waals surface area contributed by atoms with E-state index in [2.05, 4.69) is 4.74 Å². The number of benzene rings is 1. The van der Waals surface area contributed by atoms with Crippen molar-refractivity contribution in [3.8, 4) is 5.75 Å². The van der Waals surface area contributed by atoms with Crippen LogP contribution in [0.4, 0.5) is 22.0 Å². The molecule has 1 aromatic carbocycles. The second-order valence-electron chi connectivity index (χ2n) is 7.25. The molecular formula is C18H13F5IO7S-. The second kappa shape index (κ2) is 8.52. The summed E-state index contributed by atoms with van der Waals surface area (Å²) in [5.41, 5.74) is 0. The van der Waals surface area contributed by atoms with E-state index in [1.165, 1.54) is 18.2 Å². The summed E-state index contributed by atoms with van der Waals surface area (Å²) >= 11 is 2.00. The molecule has 0 radical (unpaired) electrons. The Hall–Kier alpha value is -1.81. The number of hydrogen-bond donors (Lipinski definition) is 0. The van der Waals surface area contributed by atoms with E-state index in [1.54, 1.807) is 18.2 Å². The van der Waals surface area contributed by atoms with E-state index >= 15 is 0 Å². The topological polar surface area (TPSA) is 110 Å². The number of rotatable bonds is 6. The molecule has 0 amide bonds. The summed E-state index contributed by atoms with van der Waals surface area (Å²) in [6.07, 6.45) is -7.47. The van der Waals surface area contributed by atoms with E-state index in [0.29, 0.717) is 0 Å². The van der Waals surface area contributed by atoms with Gasteiger partial charge in [0.1, 0.15) is 5.75 Å². The highest BCUT2D eigenvalue weighted by atomic mass is 127. The zero-order valence-electron chi connectivity index (χ0n) is 15.6. The third kappa shape index (κ3) is 4.76. The second-order valence-corrected chi connectivity index (χ2v) is 9.95. The standard InChI is InChI=1S/C18H14F5IO7S/c19-17(20,21)16(18(22,23)32(27,28)29)31-15(26)13-9-2-1-8(7-9)12(13)14(25)30-11-5-3-10(24)4-6-11/h1-6,8-9,12-13,16H,7H2,(H,27,28,29)/p-1. The predicted octanol–water partition coefficient (Wildman–Crippen LogP) is 3.25. The van der Waals surface area contributed by atoms with E-state index in [0.717, 1.165) is 3.57 Å². The number of carbonyl (C=O) groups excluding carboxylic acids is 2. The number of esters is 2. The third-order valence-corrected chi connectivity index (χ3v) is 6.81. The van der Waals surface area contributed by atoms with Crippen molar-refractivity contribution in [1.82, 2.24) is 0 Å². The van der Waals surface area contributed by atoms with Gasteiger partial charge in [0.15, 0.2) is 10.1 Å². The van der Waals surface area contributed by atoms with Gasteiger partial charge >= 0.3 is 23.4 Å². The normalized spacial score (nSPS) is 26.1. The van der Waals surface area contributed by atoms with Crippen LogP contribution in [0.2, 0.25) is 0 Å². The minimum Gasteiger partial charge on any atom is -0.743 e. The van der Waals surface area contributed by atoms with Crippen LogP contribution in [0.5, 0.6) is 5.75 Å². The number of hydrogen-bond acceptors (Lipinski definition) is 7. The molecule has 1 aromatic rings. The van der Waals surface area contributed by atoms with Crippen LogP contribution in [0.3, 0.4) is 0 Å². The molecule has 0 aliphatic heterocycles. The lowest BCUT2D eigenvalue weighted by molar-refractivity contribution is -0.261. The molecule has 2 bridgehead atoms. The molecule has 0 N–H and O–H groups in total. The maximum Gasteiger partial charge on any atom is 0.432 e. The van der Waals surface area contributed by atoms with Crippen molar-refractivity contribution in [2.24, 2.45) is 23.7 Å². The highest BCUT2D eigenvalue weighted by Gasteiger charge is 2.64. The fourth-order valence-corrected chi connectivity index (χ4v) is 4.61. The summed E-state index contributed by atoms with van der Waals surface area (Å²) in [7, 11) is -6.83. The van der Waals surface area contributed by atoms with Gasteiger partial charge in [0, 0.05) is 3.57 Å². The lowest BCUT2D eigenvalue weighted by atomic mass is 9.83. The quantitative estimate of drug-likeness (QED) is 0.124. The van der Waals surface area contributed by atoms with Crippen molar-refractivity contribution in [2.75, 3.05) is 0 Å². The summed E-state index contributed by atoms with van der Waals surface area (Å²) in [5.74, 6) is -7.19. The Morgan fingerprint density at radius 3 is 1.97 bits per heavy atom. The molecule has 5 atom stereocenters. The number of allylic oxidation sites excluding steroid dienone is 2. The molecule has 5 unspecified atom stereocenters. The summed E-state index contributed by atoms with van der Waals surface area (Å²) in [4.78, 5) is 25.1. The van der Waals surface area contributed by atoms with Crippen LogP contribution < -0.4 is 4.74 Å². The smallest absolute Gasteiger partial charge is 0.432 e. The van der Waals surface area contributed by atoms with E-state index in [9.17, 15) is 44.5 Å². The van der Waals surface area contributed by atoms with Crippen LogP contribution in [0.25, 0.3) is 0 Å². The van der Waals surface area contributed by atoms with E-state index in [4.69, 9.17) is 4.74 Å². The summed E-state index contributed by atoms with van der Waals surface area (Å²) < 4.78 is 109. The van der Waals surface area contributed by atoms with Crippen molar-refractivity contribution in [1.29, 1.82) is 0 Å². The molecular weight excluding hydrogens is 582 g/mol. The maximum absolute atomic E-state index is 13.7. The Bertz CT molecular complexity index is 1040. The molecule has 7 nitrogen and oxygen atoms in total. The van der Waals surface area contributed by atoms with Crippen molar-refractivity contribution in [3.63, 3.8) is 0 Å². The highest BCUT2D eigenvalue weighted by molar-refractivity contribution is 14.1. The number of carbonyl (C=O) groups is 2. The van der Waals surface area contributed by atoms with Crippen LogP contribution in [0.1, 0.15) is 6.42 Å². The van der Waals surface area contributed by atoms with Gasteiger partial charge < -0.3 is 14.0 Å². The molecule has 2 aliphatic rings. The van der Waals surface area contributed by atoms with E-state index < -0.39 is 63.3 Å². The Morgan fingerprint density at radius 2 is 1.50 bits per heavy atom. The molecule has 2 aliphatic carbocycles. The predicted molar refractivity (Wildman–Crippen MR) is 103 cm³/mol. The minimum absolute atomic E-state index is 0.0893. The Morgan fingerprint density at radius 1 is 1.00 bits per heavy atom. The van der Waals surface area contributed by atoms with Gasteiger partial charge in [-0.3, -0.25) is 9.59 Å². The van der Waals surface area contributed by atoms with Gasteiger partial charge in [0.25, 0.3) is 6.10 Å². The lowest BCUT2D eigenvalue weighted by Crippen LogP contribution is -2.53. The number of halogens is 6. The van der Waals surface area contributed by atoms with E-state index in [1.807, 2.05) is 22.6 Å². The molecule has 1 saturated carbocycles. The number of fused-ring (bicyclic) bond motifs is 2. The van der Waals surface area contributed by atoms with Crippen molar-refractivity contribution >= 4 is 44.6 Å². The van der Waals surface area contributed by atoms with Gasteiger partial charge in [-0.05, 0) is 65.1 Å². The average Bonchev–Trinajstić information content (AvgIpc) is 3.27. The first-order valence-electron chi connectivity index (χ1n) is 8.89. The Kier molecular flexibility index (Phi) is 6.61. The number of alkyl halides is 5. The summed E-state index contributed by atoms with van der Waals surface area (Å²) in [5, 5.41) is -5.97. The van der Waals surface area contributed by atoms with Gasteiger partial charge in [0.05, 0.1) is 11.8 Å². The van der Waals surface area contributed by atoms with Crippen molar-refractivity contribution in [2.45, 2.75) is 24.0 Å². The molecule has 14 heteroatoms. The molecule has 0 spiro atoms. The zero-order chi connectivity index (χ0) is 24.1. The van der Waals surface area contributed by atoms with Crippen LogP contribution in [-0.2, 0) is 24.4 Å². The van der Waals surface area contributed by atoms with Crippen molar-refractivity contribution in [3.05, 3.63) is 40.0 Å². The van der Waals surface area contributed by atoms with Crippen molar-refractivity contribution < 1.29 is 54.0 Å². The largest absolute Gasteiger partial charge is 0.743 e. The summed E-state index contributed by atoms with van der Waals surface area (Å²) in [6.45, 7) is 0. The van der Waals surface area contributed by atoms with Crippen LogP contribution in [-0.4, -0.2) is 42.4 Å². The van der Waals surface area contributed by atoms with Gasteiger partial charge in [-0.2, -0.15) is 22.0 Å². The molecule has 1 fully saturated rings. The first-order valence-corrected chi connectivity index (χ1v) is 11.4. The first kappa shape index (κ1) is 24.8. The average molecular weight is 595 g/mol. The fraction of sp³-hybridized carbons (Fsp3) is 0.444. The minimum atomic E-state index is -6.83. The third-order valence-electron chi connectivity index (χ3n) is 5.21.